The van der Waals surface area contributed by atoms with Gasteiger partial charge in [0.2, 0.25) is 0 Å². The molecule has 0 heterocycles. The van der Waals surface area contributed by atoms with Crippen LogP contribution in [0.25, 0.3) is 0 Å². The quantitative estimate of drug-likeness (QED) is 0.409. The van der Waals surface area contributed by atoms with Gasteiger partial charge in [-0.1, -0.05) is 0 Å². The molecule has 0 aromatic rings. The van der Waals surface area contributed by atoms with Crippen LogP contribution in [0.1, 0.15) is 27.7 Å². The normalized spacial score (nSPS) is 13.6. The second-order valence-corrected chi connectivity index (χ2v) is 4.79. The van der Waals surface area contributed by atoms with Crippen molar-refractivity contribution in [1.82, 2.24) is 0 Å². The van der Waals surface area contributed by atoms with Crippen LogP contribution < -0.4 is 11.5 Å². The lowest BCUT2D eigenvalue weighted by Crippen LogP contribution is -2.50. The van der Waals surface area contributed by atoms with E-state index in [-0.39, 0.29) is 13.2 Å². The van der Waals surface area contributed by atoms with E-state index in [4.69, 9.17) is 16.6 Å². The number of aliphatic hydroxyl groups excluding tert-OH is 1. The first kappa shape index (κ1) is 15.5. The van der Waals surface area contributed by atoms with Crippen LogP contribution >= 0.6 is 0 Å². The summed E-state index contributed by atoms with van der Waals surface area (Å²) in [6.07, 6.45) is 0. The summed E-state index contributed by atoms with van der Waals surface area (Å²) >= 11 is 0. The highest BCUT2D eigenvalue weighted by Gasteiger charge is 2.41. The lowest BCUT2D eigenvalue weighted by molar-refractivity contribution is -0.650. The molecule has 98 valence electrons. The van der Waals surface area contributed by atoms with Crippen molar-refractivity contribution in [3.63, 3.8) is 0 Å². The molecule has 0 aromatic carbocycles. The molecule has 0 aliphatic rings. The van der Waals surface area contributed by atoms with Gasteiger partial charge in [-0.05, 0) is 19.0 Å². The van der Waals surface area contributed by atoms with Crippen molar-refractivity contribution in [2.75, 3.05) is 13.2 Å². The zero-order valence-corrected chi connectivity index (χ0v) is 10.7. The van der Waals surface area contributed by atoms with E-state index in [0.29, 0.717) is 0 Å². The second kappa shape index (κ2) is 5.22. The third kappa shape index (κ3) is 3.77. The minimum atomic E-state index is -1.16. The molecule has 0 unspecified atom stereocenters. The van der Waals surface area contributed by atoms with E-state index < -0.39 is 22.9 Å². The minimum absolute atomic E-state index is 0.0899. The molecule has 0 radical (unpaired) electrons. The number of azo groups is 2. The van der Waals surface area contributed by atoms with Gasteiger partial charge in [-0.2, -0.15) is 0 Å². The largest absolute Gasteiger partial charge is 0.390 e. The van der Waals surface area contributed by atoms with Gasteiger partial charge in [0.1, 0.15) is 6.61 Å². The van der Waals surface area contributed by atoms with Crippen LogP contribution in [0, 0.1) is 0 Å². The van der Waals surface area contributed by atoms with E-state index in [1.165, 1.54) is 18.5 Å². The molecule has 0 bridgehead atoms. The highest BCUT2D eigenvalue weighted by Crippen LogP contribution is 2.15. The lowest BCUT2D eigenvalue weighted by Gasteiger charge is -2.20. The van der Waals surface area contributed by atoms with Crippen molar-refractivity contribution in [1.29, 1.82) is 0 Å². The highest BCUT2D eigenvalue weighted by atomic mass is 16.3. The summed E-state index contributed by atoms with van der Waals surface area (Å²) in [5, 5.41) is 13.0. The van der Waals surface area contributed by atoms with Gasteiger partial charge in [0, 0.05) is 13.8 Å². The topological polar surface area (TPSA) is 122 Å². The van der Waals surface area contributed by atoms with Gasteiger partial charge in [0.25, 0.3) is 17.4 Å². The number of rotatable bonds is 6. The molecule has 5 N–H and O–H groups in total. The molecule has 0 saturated heterocycles. The molecule has 0 aliphatic heterocycles. The first-order valence-electron chi connectivity index (χ1n) is 5.27. The SMILES string of the molecule is CC(C)(N=[N+](CCO)C(C)(C)C(N)=O)C(N)=O. The maximum absolute atomic E-state index is 11.3. The van der Waals surface area contributed by atoms with Gasteiger partial charge in [-0.25, -0.2) is 0 Å². The summed E-state index contributed by atoms with van der Waals surface area (Å²) < 4.78 is 1.29. The van der Waals surface area contributed by atoms with E-state index in [1.807, 2.05) is 0 Å². The third-order valence-corrected chi connectivity index (χ3v) is 2.53. The monoisotopic (exact) mass is 245 g/mol. The molecule has 0 saturated carbocycles. The van der Waals surface area contributed by atoms with Crippen LogP contribution in [0.3, 0.4) is 0 Å². The Balaban J connectivity index is 5.46. The standard InChI is InChI=1S/C10H20N4O3/c1-9(2,7(11)16)13-14(5-6-15)10(3,4)8(12)17/h15H,5-6H2,1-4H3,(H3-,11,12,16,17)/p+1. The number of nitrogens with zero attached hydrogens (tertiary/aromatic N) is 2. The van der Waals surface area contributed by atoms with Crippen LogP contribution in [0.15, 0.2) is 5.11 Å². The number of aliphatic hydroxyl groups is 1. The summed E-state index contributed by atoms with van der Waals surface area (Å²) in [5.41, 5.74) is 8.19. The van der Waals surface area contributed by atoms with Gasteiger partial charge in [-0.15, -0.1) is 4.70 Å². The predicted molar refractivity (Wildman–Crippen MR) is 61.2 cm³/mol. The number of nitrogens with two attached hydrogens (primary N) is 2. The smallest absolute Gasteiger partial charge is 0.291 e. The molecule has 0 fully saturated rings. The second-order valence-electron chi connectivity index (χ2n) is 4.79. The number of carbonyl (C=O) groups is 2. The molecule has 0 spiro atoms. The van der Waals surface area contributed by atoms with Crippen molar-refractivity contribution >= 4 is 11.8 Å². The molecular weight excluding hydrogens is 224 g/mol. The summed E-state index contributed by atoms with van der Waals surface area (Å²) in [7, 11) is 0. The van der Waals surface area contributed by atoms with Crippen molar-refractivity contribution in [3.8, 4) is 0 Å². The van der Waals surface area contributed by atoms with E-state index in [9.17, 15) is 9.59 Å². The van der Waals surface area contributed by atoms with Crippen LogP contribution in [0.5, 0.6) is 0 Å². The fourth-order valence-electron chi connectivity index (χ4n) is 1.03. The lowest BCUT2D eigenvalue weighted by atomic mass is 10.0. The number of hydrogen-bond acceptors (Lipinski definition) is 4. The molecule has 2 amide bonds. The Morgan fingerprint density at radius 3 is 1.94 bits per heavy atom. The zero-order valence-electron chi connectivity index (χ0n) is 10.7. The summed E-state index contributed by atoms with van der Waals surface area (Å²) in [6.45, 7) is 6.05. The zero-order chi connectivity index (χ0) is 13.9. The number of β-amino-alcohol motifs (C(OH)–C–C–N with tert-alkyl or cyclic N) is 1. The Bertz CT molecular complexity index is 347. The molecule has 0 atom stereocenters. The van der Waals surface area contributed by atoms with Crippen LogP contribution in [0.4, 0.5) is 0 Å². The Labute approximate surface area is 100 Å². The average molecular weight is 245 g/mol. The van der Waals surface area contributed by atoms with Gasteiger partial charge in [0.05, 0.1) is 0 Å². The fourth-order valence-corrected chi connectivity index (χ4v) is 1.03. The molecule has 7 heteroatoms. The number of primary amides is 2. The van der Waals surface area contributed by atoms with Crippen LogP contribution in [0.2, 0.25) is 0 Å². The fraction of sp³-hybridized carbons (Fsp3) is 0.800. The maximum Gasteiger partial charge on any atom is 0.291 e. The Hall–Kier alpha value is -1.50. The minimum Gasteiger partial charge on any atom is -0.390 e. The first-order chi connectivity index (χ1) is 7.55. The van der Waals surface area contributed by atoms with Crippen LogP contribution in [-0.2, 0) is 9.59 Å². The van der Waals surface area contributed by atoms with Gasteiger partial charge >= 0.3 is 0 Å². The van der Waals surface area contributed by atoms with Gasteiger partial charge in [0.15, 0.2) is 12.1 Å². The van der Waals surface area contributed by atoms with Gasteiger partial charge < -0.3 is 16.6 Å². The summed E-state index contributed by atoms with van der Waals surface area (Å²) in [6, 6.07) is 0. The third-order valence-electron chi connectivity index (χ3n) is 2.53. The van der Waals surface area contributed by atoms with E-state index in [0.717, 1.165) is 0 Å². The summed E-state index contributed by atoms with van der Waals surface area (Å²) in [5.74, 6) is -1.23. The van der Waals surface area contributed by atoms with Crippen molar-refractivity contribution in [2.24, 2.45) is 16.6 Å². The molecule has 0 rings (SSSR count). The molecule has 0 aliphatic carbocycles. The van der Waals surface area contributed by atoms with Crippen molar-refractivity contribution in [3.05, 3.63) is 0 Å². The Morgan fingerprint density at radius 2 is 1.65 bits per heavy atom. The number of hydrogen-bond donors (Lipinski definition) is 3. The van der Waals surface area contributed by atoms with Crippen molar-refractivity contribution in [2.45, 2.75) is 38.8 Å². The molecule has 17 heavy (non-hydrogen) atoms. The highest BCUT2D eigenvalue weighted by molar-refractivity contribution is 5.84. The number of carbonyl (C=O) groups excluding carboxylic acids is 2. The Morgan fingerprint density at radius 1 is 1.18 bits per heavy atom. The Kier molecular flexibility index (Phi) is 4.76. The number of amides is 2. The maximum atomic E-state index is 11.3. The van der Waals surface area contributed by atoms with E-state index >= 15 is 0 Å². The predicted octanol–water partition coefficient (Wildman–Crippen LogP) is -1.03. The van der Waals surface area contributed by atoms with Crippen molar-refractivity contribution < 1.29 is 19.4 Å². The van der Waals surface area contributed by atoms with Crippen LogP contribution in [-0.4, -0.2) is 45.8 Å². The van der Waals surface area contributed by atoms with Gasteiger partial charge in [-0.3, -0.25) is 9.59 Å². The molecule has 7 nitrogen and oxygen atoms in total. The van der Waals surface area contributed by atoms with E-state index in [1.54, 1.807) is 13.8 Å². The first-order valence-corrected chi connectivity index (χ1v) is 5.27. The summed E-state index contributed by atoms with van der Waals surface area (Å²) in [4.78, 5) is 22.5. The molecular formula is C10H21N4O3+. The molecule has 0 aromatic heterocycles. The average Bonchev–Trinajstić information content (AvgIpc) is 2.16. The van der Waals surface area contributed by atoms with E-state index in [2.05, 4.69) is 5.11 Å².